The van der Waals surface area contributed by atoms with Gasteiger partial charge in [-0.2, -0.15) is 0 Å². The molecular weight excluding hydrogens is 290 g/mol. The van der Waals surface area contributed by atoms with Crippen molar-refractivity contribution in [3.05, 3.63) is 23.8 Å². The molecule has 1 aromatic carbocycles. The fraction of sp³-hybridized carbons (Fsp3) is 0.632. The Morgan fingerprint density at radius 3 is 2.48 bits per heavy atom. The lowest BCUT2D eigenvalue weighted by molar-refractivity contribution is 0.0921. The quantitative estimate of drug-likeness (QED) is 0.855. The van der Waals surface area contributed by atoms with Crippen LogP contribution < -0.4 is 14.8 Å². The molecule has 1 amide bonds. The lowest BCUT2D eigenvalue weighted by Gasteiger charge is -2.28. The molecule has 1 saturated carbocycles. The molecule has 1 fully saturated rings. The highest BCUT2D eigenvalue weighted by Crippen LogP contribution is 2.30. The van der Waals surface area contributed by atoms with Crippen LogP contribution in [0.25, 0.3) is 0 Å². The van der Waals surface area contributed by atoms with Gasteiger partial charge in [-0.1, -0.05) is 13.3 Å². The van der Waals surface area contributed by atoms with Crippen molar-refractivity contribution in [1.29, 1.82) is 0 Å². The SMILES string of the molecule is CCC1CCC(NC(=O)c2ccc(OC(C)C)c(OC)c2)CC1. The summed E-state index contributed by atoms with van der Waals surface area (Å²) in [6.07, 6.45) is 5.90. The van der Waals surface area contributed by atoms with Crippen molar-refractivity contribution < 1.29 is 14.3 Å². The minimum absolute atomic E-state index is 0.0284. The number of carbonyl (C=O) groups is 1. The Bertz CT molecular complexity index is 519. The van der Waals surface area contributed by atoms with Gasteiger partial charge < -0.3 is 14.8 Å². The van der Waals surface area contributed by atoms with Crippen molar-refractivity contribution in [3.63, 3.8) is 0 Å². The number of hydrogen-bond donors (Lipinski definition) is 1. The molecule has 128 valence electrons. The predicted molar refractivity (Wildman–Crippen MR) is 92.3 cm³/mol. The van der Waals surface area contributed by atoms with Gasteiger partial charge in [-0.3, -0.25) is 4.79 Å². The fourth-order valence-electron chi connectivity index (χ4n) is 3.14. The van der Waals surface area contributed by atoms with E-state index in [1.807, 2.05) is 19.9 Å². The highest BCUT2D eigenvalue weighted by Gasteiger charge is 2.22. The lowest BCUT2D eigenvalue weighted by atomic mass is 9.84. The third kappa shape index (κ3) is 4.88. The van der Waals surface area contributed by atoms with E-state index >= 15 is 0 Å². The Kier molecular flexibility index (Phi) is 6.31. The van der Waals surface area contributed by atoms with E-state index in [2.05, 4.69) is 12.2 Å². The van der Waals surface area contributed by atoms with Gasteiger partial charge in [0.2, 0.25) is 0 Å². The van der Waals surface area contributed by atoms with Crippen molar-refractivity contribution in [2.45, 2.75) is 65.0 Å². The van der Waals surface area contributed by atoms with E-state index in [9.17, 15) is 4.79 Å². The van der Waals surface area contributed by atoms with Gasteiger partial charge in [0.05, 0.1) is 13.2 Å². The highest BCUT2D eigenvalue weighted by molar-refractivity contribution is 5.95. The summed E-state index contributed by atoms with van der Waals surface area (Å²) in [6, 6.07) is 5.66. The zero-order valence-corrected chi connectivity index (χ0v) is 14.7. The minimum Gasteiger partial charge on any atom is -0.493 e. The number of benzene rings is 1. The van der Waals surface area contributed by atoms with Crippen LogP contribution in [-0.4, -0.2) is 25.2 Å². The number of methoxy groups -OCH3 is 1. The maximum atomic E-state index is 12.5. The maximum Gasteiger partial charge on any atom is 0.251 e. The molecule has 0 unspecified atom stereocenters. The van der Waals surface area contributed by atoms with Gasteiger partial charge in [0.15, 0.2) is 11.5 Å². The Morgan fingerprint density at radius 2 is 1.91 bits per heavy atom. The standard InChI is InChI=1S/C19H29NO3/c1-5-14-6-9-16(10-7-14)20-19(21)15-8-11-17(23-13(2)3)18(12-15)22-4/h8,11-14,16H,5-7,9-10H2,1-4H3,(H,20,21). The normalized spacial score (nSPS) is 21.1. The number of ether oxygens (including phenoxy) is 2. The van der Waals surface area contributed by atoms with E-state index in [1.165, 1.54) is 19.3 Å². The molecule has 1 aliphatic rings. The van der Waals surface area contributed by atoms with E-state index in [0.717, 1.165) is 18.8 Å². The van der Waals surface area contributed by atoms with E-state index in [0.29, 0.717) is 23.1 Å². The number of hydrogen-bond acceptors (Lipinski definition) is 3. The van der Waals surface area contributed by atoms with Gasteiger partial charge in [-0.25, -0.2) is 0 Å². The number of rotatable bonds is 6. The Balaban J connectivity index is 1.99. The molecule has 4 nitrogen and oxygen atoms in total. The molecule has 23 heavy (non-hydrogen) atoms. The molecule has 0 atom stereocenters. The maximum absolute atomic E-state index is 12.5. The minimum atomic E-state index is -0.0284. The highest BCUT2D eigenvalue weighted by atomic mass is 16.5. The molecule has 0 aromatic heterocycles. The first-order valence-electron chi connectivity index (χ1n) is 8.69. The number of nitrogens with one attached hydrogen (secondary N) is 1. The summed E-state index contributed by atoms with van der Waals surface area (Å²) in [5, 5.41) is 3.16. The van der Waals surface area contributed by atoms with Gasteiger partial charge >= 0.3 is 0 Å². The summed E-state index contributed by atoms with van der Waals surface area (Å²) in [7, 11) is 1.59. The fourth-order valence-corrected chi connectivity index (χ4v) is 3.14. The first kappa shape index (κ1) is 17.6. The van der Waals surface area contributed by atoms with Crippen molar-refractivity contribution in [1.82, 2.24) is 5.32 Å². The topological polar surface area (TPSA) is 47.6 Å². The summed E-state index contributed by atoms with van der Waals surface area (Å²) < 4.78 is 11.0. The van der Waals surface area contributed by atoms with Crippen LogP contribution in [0.5, 0.6) is 11.5 Å². The van der Waals surface area contributed by atoms with Crippen LogP contribution in [0.1, 0.15) is 63.2 Å². The lowest BCUT2D eigenvalue weighted by Crippen LogP contribution is -2.37. The summed E-state index contributed by atoms with van der Waals surface area (Å²) in [4.78, 5) is 12.5. The van der Waals surface area contributed by atoms with Gasteiger partial charge in [-0.15, -0.1) is 0 Å². The van der Waals surface area contributed by atoms with Crippen LogP contribution in [-0.2, 0) is 0 Å². The van der Waals surface area contributed by atoms with Gasteiger partial charge in [0.1, 0.15) is 0 Å². The third-order valence-corrected chi connectivity index (χ3v) is 4.55. The molecule has 1 aliphatic carbocycles. The molecule has 0 bridgehead atoms. The molecule has 1 N–H and O–H groups in total. The predicted octanol–water partition coefficient (Wildman–Crippen LogP) is 4.18. The second-order valence-electron chi connectivity index (χ2n) is 6.63. The molecule has 1 aromatic rings. The summed E-state index contributed by atoms with van der Waals surface area (Å²) >= 11 is 0. The Labute approximate surface area is 139 Å². The average molecular weight is 319 g/mol. The smallest absolute Gasteiger partial charge is 0.251 e. The zero-order valence-electron chi connectivity index (χ0n) is 14.7. The number of amides is 1. The Hall–Kier alpha value is -1.71. The first-order valence-corrected chi connectivity index (χ1v) is 8.69. The second kappa shape index (κ2) is 8.23. The third-order valence-electron chi connectivity index (χ3n) is 4.55. The van der Waals surface area contributed by atoms with Gasteiger partial charge in [-0.05, 0) is 63.6 Å². The van der Waals surface area contributed by atoms with Crippen LogP contribution in [0, 0.1) is 5.92 Å². The second-order valence-corrected chi connectivity index (χ2v) is 6.63. The van der Waals surface area contributed by atoms with Crippen molar-refractivity contribution in [3.8, 4) is 11.5 Å². The Morgan fingerprint density at radius 1 is 1.22 bits per heavy atom. The molecule has 0 aliphatic heterocycles. The van der Waals surface area contributed by atoms with Crippen molar-refractivity contribution in [2.75, 3.05) is 7.11 Å². The molecular formula is C19H29NO3. The van der Waals surface area contributed by atoms with Crippen molar-refractivity contribution in [2.24, 2.45) is 5.92 Å². The average Bonchev–Trinajstić information content (AvgIpc) is 2.55. The molecule has 4 heteroatoms. The largest absolute Gasteiger partial charge is 0.493 e. The van der Waals surface area contributed by atoms with Gasteiger partial charge in [0.25, 0.3) is 5.91 Å². The van der Waals surface area contributed by atoms with Gasteiger partial charge in [0, 0.05) is 11.6 Å². The first-order chi connectivity index (χ1) is 11.0. The summed E-state index contributed by atoms with van der Waals surface area (Å²) in [6.45, 7) is 6.18. The summed E-state index contributed by atoms with van der Waals surface area (Å²) in [5.74, 6) is 2.07. The summed E-state index contributed by atoms with van der Waals surface area (Å²) in [5.41, 5.74) is 0.621. The van der Waals surface area contributed by atoms with Crippen molar-refractivity contribution >= 4 is 5.91 Å². The monoisotopic (exact) mass is 319 g/mol. The van der Waals surface area contributed by atoms with E-state index in [4.69, 9.17) is 9.47 Å². The van der Waals surface area contributed by atoms with Crippen LogP contribution in [0.3, 0.4) is 0 Å². The molecule has 0 heterocycles. The van der Waals surface area contributed by atoms with Crippen LogP contribution >= 0.6 is 0 Å². The van der Waals surface area contributed by atoms with Crippen LogP contribution in [0.2, 0.25) is 0 Å². The zero-order chi connectivity index (χ0) is 16.8. The molecule has 0 saturated heterocycles. The van der Waals surface area contributed by atoms with E-state index < -0.39 is 0 Å². The number of carbonyl (C=O) groups excluding carboxylic acids is 1. The van der Waals surface area contributed by atoms with Crippen LogP contribution in [0.15, 0.2) is 18.2 Å². The molecule has 2 rings (SSSR count). The molecule has 0 spiro atoms. The molecule has 0 radical (unpaired) electrons. The van der Waals surface area contributed by atoms with E-state index in [-0.39, 0.29) is 12.0 Å². The van der Waals surface area contributed by atoms with E-state index in [1.54, 1.807) is 19.2 Å². The van der Waals surface area contributed by atoms with Crippen LogP contribution in [0.4, 0.5) is 0 Å².